The predicted octanol–water partition coefficient (Wildman–Crippen LogP) is 5.02. The van der Waals surface area contributed by atoms with E-state index < -0.39 is 0 Å². The Morgan fingerprint density at radius 2 is 1.32 bits per heavy atom. The molecular weight excluding hydrogens is 306 g/mol. The van der Waals surface area contributed by atoms with E-state index in [0.29, 0.717) is 0 Å². The zero-order chi connectivity index (χ0) is 17.3. The van der Waals surface area contributed by atoms with Crippen molar-refractivity contribution in [2.75, 3.05) is 6.61 Å². The van der Waals surface area contributed by atoms with E-state index in [1.165, 1.54) is 43.2 Å². The molecule has 0 bridgehead atoms. The Morgan fingerprint density at radius 1 is 0.800 bits per heavy atom. The maximum absolute atomic E-state index is 10.1. The quantitative estimate of drug-likeness (QED) is 0.731. The van der Waals surface area contributed by atoms with Crippen molar-refractivity contribution in [1.29, 1.82) is 0 Å². The normalized spacial score (nSPS) is 16.9. The highest BCUT2D eigenvalue weighted by atomic mass is 16.3. The molecule has 2 heteroatoms. The van der Waals surface area contributed by atoms with Crippen LogP contribution in [0.5, 0.6) is 0 Å². The molecule has 1 saturated carbocycles. The lowest BCUT2D eigenvalue weighted by molar-refractivity contribution is 0.0846. The number of benzene rings is 2. The van der Waals surface area contributed by atoms with Gasteiger partial charge in [0.2, 0.25) is 0 Å². The maximum atomic E-state index is 10.1. The SMILES string of the molecule is OC[C@@H](CC1CCCCC1)N(Cc1ccccc1)Cc1ccccc1. The third kappa shape index (κ3) is 5.69. The highest BCUT2D eigenvalue weighted by molar-refractivity contribution is 5.17. The summed E-state index contributed by atoms with van der Waals surface area (Å²) in [6.07, 6.45) is 7.90. The van der Waals surface area contributed by atoms with Gasteiger partial charge in [-0.05, 0) is 23.5 Å². The third-order valence-electron chi connectivity index (χ3n) is 5.51. The molecule has 1 aliphatic carbocycles. The first-order valence-corrected chi connectivity index (χ1v) is 9.78. The molecule has 1 aliphatic rings. The van der Waals surface area contributed by atoms with Gasteiger partial charge < -0.3 is 5.11 Å². The summed E-state index contributed by atoms with van der Waals surface area (Å²) in [4.78, 5) is 2.47. The van der Waals surface area contributed by atoms with Crippen LogP contribution in [0.25, 0.3) is 0 Å². The summed E-state index contributed by atoms with van der Waals surface area (Å²) in [5, 5.41) is 10.1. The average molecular weight is 338 g/mol. The number of nitrogens with zero attached hydrogens (tertiary/aromatic N) is 1. The molecule has 25 heavy (non-hydrogen) atoms. The van der Waals surface area contributed by atoms with Gasteiger partial charge in [0.1, 0.15) is 0 Å². The van der Waals surface area contributed by atoms with E-state index in [9.17, 15) is 5.11 Å². The van der Waals surface area contributed by atoms with Crippen LogP contribution in [-0.4, -0.2) is 22.7 Å². The number of aliphatic hydroxyl groups excluding tert-OH is 1. The highest BCUT2D eigenvalue weighted by Gasteiger charge is 2.24. The lowest BCUT2D eigenvalue weighted by Gasteiger charge is -2.34. The Hall–Kier alpha value is -1.64. The molecule has 134 valence electrons. The summed E-state index contributed by atoms with van der Waals surface area (Å²) < 4.78 is 0. The van der Waals surface area contributed by atoms with Gasteiger partial charge in [-0.15, -0.1) is 0 Å². The minimum atomic E-state index is 0.239. The van der Waals surface area contributed by atoms with Crippen LogP contribution >= 0.6 is 0 Å². The second kappa shape index (κ2) is 9.74. The first kappa shape index (κ1) is 18.2. The van der Waals surface area contributed by atoms with Gasteiger partial charge in [-0.2, -0.15) is 0 Å². The molecule has 0 aromatic heterocycles. The van der Waals surface area contributed by atoms with Gasteiger partial charge in [-0.1, -0.05) is 92.8 Å². The second-order valence-electron chi connectivity index (χ2n) is 7.45. The minimum Gasteiger partial charge on any atom is -0.395 e. The van der Waals surface area contributed by atoms with Crippen molar-refractivity contribution in [1.82, 2.24) is 4.90 Å². The molecule has 0 heterocycles. The van der Waals surface area contributed by atoms with E-state index in [2.05, 4.69) is 65.6 Å². The fourth-order valence-corrected chi connectivity index (χ4v) is 4.10. The fourth-order valence-electron chi connectivity index (χ4n) is 4.10. The third-order valence-corrected chi connectivity index (χ3v) is 5.51. The summed E-state index contributed by atoms with van der Waals surface area (Å²) >= 11 is 0. The van der Waals surface area contributed by atoms with Crippen LogP contribution in [0.15, 0.2) is 60.7 Å². The summed E-state index contributed by atoms with van der Waals surface area (Å²) in [6, 6.07) is 21.5. The van der Waals surface area contributed by atoms with Crippen LogP contribution in [0.3, 0.4) is 0 Å². The smallest absolute Gasteiger partial charge is 0.0587 e. The Bertz CT molecular complexity index is 551. The number of hydrogen-bond donors (Lipinski definition) is 1. The standard InChI is InChI=1S/C23H31NO/c25-19-23(16-20-10-4-1-5-11-20)24(17-21-12-6-2-7-13-21)18-22-14-8-3-9-15-22/h2-3,6-9,12-15,20,23,25H,1,4-5,10-11,16-19H2/t23-/m1/s1. The van der Waals surface area contributed by atoms with Crippen molar-refractivity contribution >= 4 is 0 Å². The molecule has 0 radical (unpaired) electrons. The molecule has 0 aliphatic heterocycles. The van der Waals surface area contributed by atoms with Crippen LogP contribution in [0.2, 0.25) is 0 Å². The molecular formula is C23H31NO. The van der Waals surface area contributed by atoms with Crippen molar-refractivity contribution in [3.63, 3.8) is 0 Å². The van der Waals surface area contributed by atoms with E-state index in [1.807, 2.05) is 0 Å². The monoisotopic (exact) mass is 337 g/mol. The highest BCUT2D eigenvalue weighted by Crippen LogP contribution is 2.29. The Balaban J connectivity index is 1.72. The number of rotatable bonds is 8. The molecule has 0 saturated heterocycles. The van der Waals surface area contributed by atoms with Crippen molar-refractivity contribution in [3.8, 4) is 0 Å². The molecule has 2 nitrogen and oxygen atoms in total. The van der Waals surface area contributed by atoms with Crippen molar-refractivity contribution in [2.24, 2.45) is 5.92 Å². The zero-order valence-electron chi connectivity index (χ0n) is 15.2. The second-order valence-corrected chi connectivity index (χ2v) is 7.45. The lowest BCUT2D eigenvalue weighted by Crippen LogP contribution is -2.38. The van der Waals surface area contributed by atoms with Gasteiger partial charge in [0, 0.05) is 19.1 Å². The largest absolute Gasteiger partial charge is 0.395 e. The van der Waals surface area contributed by atoms with Gasteiger partial charge in [0.25, 0.3) is 0 Å². The van der Waals surface area contributed by atoms with Gasteiger partial charge in [0.05, 0.1) is 6.61 Å². The molecule has 1 atom stereocenters. The molecule has 2 aromatic carbocycles. The van der Waals surface area contributed by atoms with Crippen molar-refractivity contribution in [3.05, 3.63) is 71.8 Å². The zero-order valence-corrected chi connectivity index (χ0v) is 15.2. The van der Waals surface area contributed by atoms with E-state index in [0.717, 1.165) is 25.4 Å². The average Bonchev–Trinajstić information content (AvgIpc) is 2.68. The summed E-state index contributed by atoms with van der Waals surface area (Å²) in [5.41, 5.74) is 2.64. The minimum absolute atomic E-state index is 0.239. The van der Waals surface area contributed by atoms with Gasteiger partial charge in [0.15, 0.2) is 0 Å². The van der Waals surface area contributed by atoms with Crippen LogP contribution in [-0.2, 0) is 13.1 Å². The predicted molar refractivity (Wildman–Crippen MR) is 104 cm³/mol. The molecule has 0 unspecified atom stereocenters. The van der Waals surface area contributed by atoms with E-state index in [1.54, 1.807) is 0 Å². The number of aliphatic hydroxyl groups is 1. The van der Waals surface area contributed by atoms with E-state index in [-0.39, 0.29) is 12.6 Å². The summed E-state index contributed by atoms with van der Waals surface area (Å²) in [5.74, 6) is 0.778. The Morgan fingerprint density at radius 3 is 1.80 bits per heavy atom. The molecule has 2 aromatic rings. The maximum Gasteiger partial charge on any atom is 0.0587 e. The first-order chi connectivity index (χ1) is 12.3. The molecule has 3 rings (SSSR count). The van der Waals surface area contributed by atoms with Crippen molar-refractivity contribution < 1.29 is 5.11 Å². The van der Waals surface area contributed by atoms with Gasteiger partial charge in [-0.25, -0.2) is 0 Å². The fraction of sp³-hybridized carbons (Fsp3) is 0.478. The summed E-state index contributed by atoms with van der Waals surface area (Å²) in [7, 11) is 0. The van der Waals surface area contributed by atoms with E-state index in [4.69, 9.17) is 0 Å². The van der Waals surface area contributed by atoms with Crippen LogP contribution < -0.4 is 0 Å². The van der Waals surface area contributed by atoms with Crippen LogP contribution in [0.1, 0.15) is 49.7 Å². The van der Waals surface area contributed by atoms with Gasteiger partial charge >= 0.3 is 0 Å². The number of hydrogen-bond acceptors (Lipinski definition) is 2. The molecule has 1 N–H and O–H groups in total. The first-order valence-electron chi connectivity index (χ1n) is 9.78. The Labute approximate surface area is 152 Å². The Kier molecular flexibility index (Phi) is 7.08. The summed E-state index contributed by atoms with van der Waals surface area (Å²) in [6.45, 7) is 2.04. The lowest BCUT2D eigenvalue weighted by atomic mass is 9.84. The van der Waals surface area contributed by atoms with Crippen molar-refractivity contribution in [2.45, 2.75) is 57.7 Å². The topological polar surface area (TPSA) is 23.5 Å². The molecule has 1 fully saturated rings. The van der Waals surface area contributed by atoms with Crippen LogP contribution in [0, 0.1) is 5.92 Å². The van der Waals surface area contributed by atoms with E-state index >= 15 is 0 Å². The molecule has 0 spiro atoms. The van der Waals surface area contributed by atoms with Crippen LogP contribution in [0.4, 0.5) is 0 Å². The van der Waals surface area contributed by atoms with Gasteiger partial charge in [-0.3, -0.25) is 4.90 Å². The molecule has 0 amide bonds.